The molecule has 0 fully saturated rings. The van der Waals surface area contributed by atoms with E-state index in [9.17, 15) is 4.39 Å². The second-order valence-electron chi connectivity index (χ2n) is 3.72. The van der Waals surface area contributed by atoms with Crippen molar-refractivity contribution in [3.05, 3.63) is 29.0 Å². The fraction of sp³-hybridized carbons (Fsp3) is 0.500. The Balaban J connectivity index is 2.50. The quantitative estimate of drug-likeness (QED) is 0.756. The van der Waals surface area contributed by atoms with Crippen molar-refractivity contribution >= 4 is 24.2 Å². The van der Waals surface area contributed by atoms with Gasteiger partial charge < -0.3 is 4.74 Å². The average molecular weight is 263 g/mol. The predicted molar refractivity (Wildman–Crippen MR) is 69.2 cm³/mol. The second-order valence-corrected chi connectivity index (χ2v) is 4.50. The molecule has 0 bridgehead atoms. The molecule has 0 amide bonds. The van der Waals surface area contributed by atoms with Crippen LogP contribution in [0, 0.1) is 11.7 Å². The van der Waals surface area contributed by atoms with Crippen LogP contribution in [0.25, 0.3) is 0 Å². The van der Waals surface area contributed by atoms with Gasteiger partial charge in [0.15, 0.2) is 0 Å². The minimum Gasteiger partial charge on any atom is -0.493 e. The maximum Gasteiger partial charge on any atom is 0.145 e. The van der Waals surface area contributed by atoms with Crippen LogP contribution in [-0.2, 0) is 0 Å². The van der Waals surface area contributed by atoms with Crippen LogP contribution < -0.4 is 4.74 Å². The Hall–Kier alpha value is -0.410. The molecule has 0 heterocycles. The molecule has 4 heteroatoms. The molecule has 0 N–H and O–H groups in total. The first-order valence-corrected chi connectivity index (χ1v) is 6.37. The van der Waals surface area contributed by atoms with E-state index in [1.54, 1.807) is 6.07 Å². The van der Waals surface area contributed by atoms with Gasteiger partial charge in [0, 0.05) is 12.0 Å². The molecule has 90 valence electrons. The van der Waals surface area contributed by atoms with E-state index in [4.69, 9.17) is 16.3 Å². The molecular formula is C12H16ClFOS. The molecule has 0 saturated carbocycles. The molecule has 0 aliphatic heterocycles. The van der Waals surface area contributed by atoms with Crippen LogP contribution in [0.2, 0.25) is 5.02 Å². The number of benzene rings is 1. The largest absolute Gasteiger partial charge is 0.493 e. The average Bonchev–Trinajstić information content (AvgIpc) is 2.28. The molecule has 0 radical (unpaired) electrons. The zero-order valence-corrected chi connectivity index (χ0v) is 10.9. The lowest BCUT2D eigenvalue weighted by molar-refractivity contribution is 0.253. The van der Waals surface area contributed by atoms with Crippen LogP contribution in [0.15, 0.2) is 18.2 Å². The van der Waals surface area contributed by atoms with Gasteiger partial charge in [-0.25, -0.2) is 4.39 Å². The van der Waals surface area contributed by atoms with Crippen molar-refractivity contribution in [1.29, 1.82) is 0 Å². The van der Waals surface area contributed by atoms with Crippen molar-refractivity contribution in [3.63, 3.8) is 0 Å². The fourth-order valence-corrected chi connectivity index (χ4v) is 1.82. The predicted octanol–water partition coefficient (Wildman–Crippen LogP) is 4.20. The summed E-state index contributed by atoms with van der Waals surface area (Å²) in [5.41, 5.74) is 0. The molecule has 0 aliphatic carbocycles. The maximum atomic E-state index is 13.1. The summed E-state index contributed by atoms with van der Waals surface area (Å²) in [5.74, 6) is 1.26. The highest BCUT2D eigenvalue weighted by molar-refractivity contribution is 7.80. The van der Waals surface area contributed by atoms with Gasteiger partial charge in [-0.05, 0) is 24.3 Å². The van der Waals surface area contributed by atoms with E-state index in [1.165, 1.54) is 12.1 Å². The number of thiol groups is 1. The zero-order chi connectivity index (χ0) is 12.0. The fourth-order valence-electron chi connectivity index (χ4n) is 1.42. The molecule has 1 aromatic carbocycles. The minimum atomic E-state index is -0.447. The highest BCUT2D eigenvalue weighted by Crippen LogP contribution is 2.21. The van der Waals surface area contributed by atoms with Crippen LogP contribution in [-0.4, -0.2) is 12.4 Å². The van der Waals surface area contributed by atoms with E-state index in [0.717, 1.165) is 18.6 Å². The number of ether oxygens (including phenoxy) is 1. The Labute approximate surface area is 106 Å². The molecule has 0 aromatic heterocycles. The van der Waals surface area contributed by atoms with Crippen molar-refractivity contribution in [1.82, 2.24) is 0 Å². The lowest BCUT2D eigenvalue weighted by Crippen LogP contribution is -2.13. The summed E-state index contributed by atoms with van der Waals surface area (Å²) < 4.78 is 18.6. The Morgan fingerprint density at radius 1 is 1.50 bits per heavy atom. The molecule has 0 spiro atoms. The molecule has 0 saturated heterocycles. The van der Waals surface area contributed by atoms with Gasteiger partial charge in [-0.1, -0.05) is 24.9 Å². The lowest BCUT2D eigenvalue weighted by Gasteiger charge is -2.14. The zero-order valence-electron chi connectivity index (χ0n) is 9.25. The Morgan fingerprint density at radius 3 is 2.81 bits per heavy atom. The summed E-state index contributed by atoms with van der Waals surface area (Å²) in [5, 5.41) is 0.117. The molecule has 1 atom stereocenters. The molecule has 1 unspecified atom stereocenters. The van der Waals surface area contributed by atoms with Crippen molar-refractivity contribution in [2.45, 2.75) is 19.8 Å². The van der Waals surface area contributed by atoms with Crippen LogP contribution in [0.4, 0.5) is 4.39 Å². The van der Waals surface area contributed by atoms with Crippen LogP contribution in [0.3, 0.4) is 0 Å². The third-order valence-corrected chi connectivity index (χ3v) is 3.15. The normalized spacial score (nSPS) is 12.5. The highest BCUT2D eigenvalue weighted by Gasteiger charge is 2.07. The second kappa shape index (κ2) is 7.02. The molecule has 1 nitrogen and oxygen atoms in total. The molecule has 1 aromatic rings. The third kappa shape index (κ3) is 4.22. The lowest BCUT2D eigenvalue weighted by atomic mass is 10.1. The van der Waals surface area contributed by atoms with Crippen molar-refractivity contribution in [2.75, 3.05) is 12.4 Å². The summed E-state index contributed by atoms with van der Waals surface area (Å²) in [4.78, 5) is 0. The van der Waals surface area contributed by atoms with Gasteiger partial charge in [0.2, 0.25) is 0 Å². The van der Waals surface area contributed by atoms with E-state index in [1.807, 2.05) is 0 Å². The van der Waals surface area contributed by atoms with Gasteiger partial charge in [-0.15, -0.1) is 0 Å². The molecular weight excluding hydrogens is 247 g/mol. The van der Waals surface area contributed by atoms with Crippen LogP contribution in [0.1, 0.15) is 19.8 Å². The van der Waals surface area contributed by atoms with E-state index in [-0.39, 0.29) is 5.02 Å². The van der Waals surface area contributed by atoms with Crippen molar-refractivity contribution in [2.24, 2.45) is 5.92 Å². The summed E-state index contributed by atoms with van der Waals surface area (Å²) >= 11 is 9.84. The van der Waals surface area contributed by atoms with Crippen molar-refractivity contribution < 1.29 is 9.13 Å². The first-order valence-electron chi connectivity index (χ1n) is 5.36. The Morgan fingerprint density at radius 2 is 2.25 bits per heavy atom. The van der Waals surface area contributed by atoms with Gasteiger partial charge in [0.1, 0.15) is 11.6 Å². The van der Waals surface area contributed by atoms with E-state index >= 15 is 0 Å². The minimum absolute atomic E-state index is 0.117. The third-order valence-electron chi connectivity index (χ3n) is 2.33. The van der Waals surface area contributed by atoms with E-state index in [0.29, 0.717) is 18.3 Å². The smallest absolute Gasteiger partial charge is 0.145 e. The monoisotopic (exact) mass is 262 g/mol. The van der Waals surface area contributed by atoms with Crippen molar-refractivity contribution in [3.8, 4) is 5.75 Å². The van der Waals surface area contributed by atoms with Crippen LogP contribution in [0.5, 0.6) is 5.75 Å². The topological polar surface area (TPSA) is 9.23 Å². The Kier molecular flexibility index (Phi) is 5.99. The number of hydrogen-bond acceptors (Lipinski definition) is 2. The van der Waals surface area contributed by atoms with E-state index < -0.39 is 5.82 Å². The van der Waals surface area contributed by atoms with Crippen LogP contribution >= 0.6 is 24.2 Å². The Bertz CT molecular complexity index is 333. The summed E-state index contributed by atoms with van der Waals surface area (Å²) in [7, 11) is 0. The summed E-state index contributed by atoms with van der Waals surface area (Å²) in [6.45, 7) is 2.69. The van der Waals surface area contributed by atoms with Gasteiger partial charge in [-0.3, -0.25) is 0 Å². The van der Waals surface area contributed by atoms with Gasteiger partial charge in [-0.2, -0.15) is 12.6 Å². The van der Waals surface area contributed by atoms with Gasteiger partial charge in [0.05, 0.1) is 11.6 Å². The first-order chi connectivity index (χ1) is 7.67. The number of halogens is 2. The molecule has 16 heavy (non-hydrogen) atoms. The SMILES string of the molecule is CCCC(CS)COc1ccc(Cl)c(F)c1. The first kappa shape index (κ1) is 13.7. The van der Waals surface area contributed by atoms with E-state index in [2.05, 4.69) is 19.6 Å². The standard InChI is InChI=1S/C12H16ClFOS/c1-2-3-9(8-16)7-15-10-4-5-11(13)12(14)6-10/h4-6,9,16H,2-3,7-8H2,1H3. The molecule has 1 rings (SSSR count). The molecule has 0 aliphatic rings. The maximum absolute atomic E-state index is 13.1. The summed E-state index contributed by atoms with van der Waals surface area (Å²) in [6.07, 6.45) is 2.17. The highest BCUT2D eigenvalue weighted by atomic mass is 35.5. The number of hydrogen-bond donors (Lipinski definition) is 1. The number of rotatable bonds is 6. The van der Waals surface area contributed by atoms with Gasteiger partial charge >= 0.3 is 0 Å². The summed E-state index contributed by atoms with van der Waals surface area (Å²) in [6, 6.07) is 4.48. The van der Waals surface area contributed by atoms with Gasteiger partial charge in [0.25, 0.3) is 0 Å².